The summed E-state index contributed by atoms with van der Waals surface area (Å²) in [4.78, 5) is 11.9. The van der Waals surface area contributed by atoms with Gasteiger partial charge in [-0.3, -0.25) is 4.79 Å². The van der Waals surface area contributed by atoms with E-state index in [1.165, 1.54) is 12.8 Å². The minimum Gasteiger partial charge on any atom is -0.472 e. The fourth-order valence-electron chi connectivity index (χ4n) is 2.48. The molecule has 2 heteroatoms. The molecule has 0 aromatic carbocycles. The predicted molar refractivity (Wildman–Crippen MR) is 58.5 cm³/mol. The molecule has 1 aliphatic rings. The summed E-state index contributed by atoms with van der Waals surface area (Å²) >= 11 is 0. The minimum atomic E-state index is 0.310. The molecule has 1 saturated carbocycles. The van der Waals surface area contributed by atoms with E-state index in [1.807, 2.05) is 6.07 Å². The second kappa shape index (κ2) is 4.65. The van der Waals surface area contributed by atoms with Gasteiger partial charge >= 0.3 is 0 Å². The summed E-state index contributed by atoms with van der Waals surface area (Å²) in [6, 6.07) is 1.88. The summed E-state index contributed by atoms with van der Waals surface area (Å²) in [5, 5.41) is 0. The minimum absolute atomic E-state index is 0.310. The van der Waals surface area contributed by atoms with Crippen LogP contribution in [-0.2, 0) is 11.2 Å². The van der Waals surface area contributed by atoms with Gasteiger partial charge in [-0.05, 0) is 36.8 Å². The zero-order valence-electron chi connectivity index (χ0n) is 9.24. The van der Waals surface area contributed by atoms with E-state index < -0.39 is 0 Å². The van der Waals surface area contributed by atoms with Crippen molar-refractivity contribution in [1.29, 1.82) is 0 Å². The first-order valence-corrected chi connectivity index (χ1v) is 5.83. The third-order valence-corrected chi connectivity index (χ3v) is 3.53. The normalized spacial score (nSPS) is 25.7. The van der Waals surface area contributed by atoms with Gasteiger partial charge in [0.2, 0.25) is 0 Å². The first kappa shape index (κ1) is 10.5. The van der Waals surface area contributed by atoms with Gasteiger partial charge in [-0.1, -0.05) is 13.3 Å². The molecule has 0 N–H and O–H groups in total. The molecule has 82 valence electrons. The van der Waals surface area contributed by atoms with Crippen molar-refractivity contribution in [3.8, 4) is 0 Å². The number of furan rings is 1. The van der Waals surface area contributed by atoms with Crippen molar-refractivity contribution in [1.82, 2.24) is 0 Å². The SMILES string of the molecule is CCC1CCC(C(=O)Cc2ccoc2)C1. The Balaban J connectivity index is 1.87. The number of carbonyl (C=O) groups is 1. The Bertz CT molecular complexity index is 313. The monoisotopic (exact) mass is 206 g/mol. The topological polar surface area (TPSA) is 30.2 Å². The average molecular weight is 206 g/mol. The molecule has 1 fully saturated rings. The average Bonchev–Trinajstić information content (AvgIpc) is 2.86. The molecule has 2 rings (SSSR count). The molecular formula is C13H18O2. The third kappa shape index (κ3) is 2.49. The molecule has 15 heavy (non-hydrogen) atoms. The zero-order chi connectivity index (χ0) is 10.7. The summed E-state index contributed by atoms with van der Waals surface area (Å²) in [7, 11) is 0. The molecule has 2 unspecified atom stereocenters. The van der Waals surface area contributed by atoms with Crippen LogP contribution in [0, 0.1) is 11.8 Å². The smallest absolute Gasteiger partial charge is 0.140 e. The lowest BCUT2D eigenvalue weighted by molar-refractivity contribution is -0.122. The Hall–Kier alpha value is -1.05. The van der Waals surface area contributed by atoms with E-state index in [1.54, 1.807) is 12.5 Å². The van der Waals surface area contributed by atoms with Gasteiger partial charge in [0.1, 0.15) is 5.78 Å². The van der Waals surface area contributed by atoms with Gasteiger partial charge in [-0.15, -0.1) is 0 Å². The molecule has 0 bridgehead atoms. The molecule has 0 spiro atoms. The molecule has 2 atom stereocenters. The van der Waals surface area contributed by atoms with Crippen LogP contribution in [0.3, 0.4) is 0 Å². The Labute approximate surface area is 90.7 Å². The second-order valence-electron chi connectivity index (χ2n) is 4.56. The zero-order valence-corrected chi connectivity index (χ0v) is 9.24. The summed E-state index contributed by atoms with van der Waals surface area (Å²) in [6.07, 6.45) is 8.50. The molecule has 1 heterocycles. The van der Waals surface area contributed by atoms with E-state index in [0.29, 0.717) is 18.1 Å². The van der Waals surface area contributed by atoms with Gasteiger partial charge in [-0.25, -0.2) is 0 Å². The van der Waals surface area contributed by atoms with Crippen LogP contribution in [0.25, 0.3) is 0 Å². The summed E-state index contributed by atoms with van der Waals surface area (Å²) in [5.41, 5.74) is 1.01. The van der Waals surface area contributed by atoms with Crippen molar-refractivity contribution in [2.24, 2.45) is 11.8 Å². The standard InChI is InChI=1S/C13H18O2/c1-2-10-3-4-12(7-10)13(14)8-11-5-6-15-9-11/h5-6,9-10,12H,2-4,7-8H2,1H3. The van der Waals surface area contributed by atoms with Gasteiger partial charge in [0.15, 0.2) is 0 Å². The summed E-state index contributed by atoms with van der Waals surface area (Å²) < 4.78 is 4.97. The van der Waals surface area contributed by atoms with Crippen molar-refractivity contribution in [3.63, 3.8) is 0 Å². The van der Waals surface area contributed by atoms with Crippen LogP contribution in [0.4, 0.5) is 0 Å². The Morgan fingerprint density at radius 1 is 1.53 bits per heavy atom. The van der Waals surface area contributed by atoms with Crippen LogP contribution in [-0.4, -0.2) is 5.78 Å². The highest BCUT2D eigenvalue weighted by Gasteiger charge is 2.28. The lowest BCUT2D eigenvalue weighted by Gasteiger charge is -2.07. The Kier molecular flexibility index (Phi) is 3.24. The largest absolute Gasteiger partial charge is 0.472 e. The van der Waals surface area contributed by atoms with Gasteiger partial charge in [-0.2, -0.15) is 0 Å². The molecular weight excluding hydrogens is 188 g/mol. The molecule has 0 radical (unpaired) electrons. The van der Waals surface area contributed by atoms with Crippen LogP contribution >= 0.6 is 0 Å². The number of ketones is 1. The molecule has 0 amide bonds. The number of hydrogen-bond donors (Lipinski definition) is 0. The fourth-order valence-corrected chi connectivity index (χ4v) is 2.48. The number of hydrogen-bond acceptors (Lipinski definition) is 2. The van der Waals surface area contributed by atoms with Crippen LogP contribution in [0.15, 0.2) is 23.0 Å². The summed E-state index contributed by atoms with van der Waals surface area (Å²) in [6.45, 7) is 2.22. The lowest BCUT2D eigenvalue weighted by Crippen LogP contribution is -2.13. The maximum absolute atomic E-state index is 11.9. The number of carbonyl (C=O) groups excluding carboxylic acids is 1. The second-order valence-corrected chi connectivity index (χ2v) is 4.56. The Morgan fingerprint density at radius 3 is 3.00 bits per heavy atom. The quantitative estimate of drug-likeness (QED) is 0.757. The molecule has 0 aliphatic heterocycles. The van der Waals surface area contributed by atoms with E-state index in [-0.39, 0.29) is 0 Å². The highest BCUT2D eigenvalue weighted by atomic mass is 16.3. The van der Waals surface area contributed by atoms with Crippen molar-refractivity contribution in [2.75, 3.05) is 0 Å². The Morgan fingerprint density at radius 2 is 2.40 bits per heavy atom. The highest BCUT2D eigenvalue weighted by Crippen LogP contribution is 2.33. The first-order chi connectivity index (χ1) is 7.29. The van der Waals surface area contributed by atoms with Crippen LogP contribution in [0.5, 0.6) is 0 Å². The molecule has 1 aliphatic carbocycles. The van der Waals surface area contributed by atoms with Crippen molar-refractivity contribution in [2.45, 2.75) is 39.0 Å². The number of rotatable bonds is 4. The van der Waals surface area contributed by atoms with E-state index in [9.17, 15) is 4.79 Å². The van der Waals surface area contributed by atoms with E-state index in [0.717, 1.165) is 24.3 Å². The summed E-state index contributed by atoms with van der Waals surface area (Å²) in [5.74, 6) is 1.49. The molecule has 1 aromatic rings. The maximum atomic E-state index is 11.9. The van der Waals surface area contributed by atoms with Crippen molar-refractivity contribution >= 4 is 5.78 Å². The van der Waals surface area contributed by atoms with Gasteiger partial charge in [0.25, 0.3) is 0 Å². The van der Waals surface area contributed by atoms with E-state index in [2.05, 4.69) is 6.92 Å². The van der Waals surface area contributed by atoms with Crippen LogP contribution in [0.2, 0.25) is 0 Å². The van der Waals surface area contributed by atoms with Gasteiger partial charge in [0, 0.05) is 12.3 Å². The van der Waals surface area contributed by atoms with Crippen LogP contribution in [0.1, 0.15) is 38.2 Å². The molecule has 1 aromatic heterocycles. The molecule has 2 nitrogen and oxygen atoms in total. The highest BCUT2D eigenvalue weighted by molar-refractivity contribution is 5.83. The van der Waals surface area contributed by atoms with Crippen LogP contribution < -0.4 is 0 Å². The van der Waals surface area contributed by atoms with Gasteiger partial charge in [0.05, 0.1) is 12.5 Å². The van der Waals surface area contributed by atoms with Crippen molar-refractivity contribution in [3.05, 3.63) is 24.2 Å². The lowest BCUT2D eigenvalue weighted by atomic mass is 9.96. The molecule has 0 saturated heterocycles. The van der Waals surface area contributed by atoms with Gasteiger partial charge < -0.3 is 4.42 Å². The fraction of sp³-hybridized carbons (Fsp3) is 0.615. The number of Topliss-reactive ketones (excluding diaryl/α,β-unsaturated/α-hetero) is 1. The predicted octanol–water partition coefficient (Wildman–Crippen LogP) is 3.22. The first-order valence-electron chi connectivity index (χ1n) is 5.83. The van der Waals surface area contributed by atoms with E-state index >= 15 is 0 Å². The third-order valence-electron chi connectivity index (χ3n) is 3.53. The van der Waals surface area contributed by atoms with E-state index in [4.69, 9.17) is 4.42 Å². The maximum Gasteiger partial charge on any atom is 0.140 e. The van der Waals surface area contributed by atoms with Crippen molar-refractivity contribution < 1.29 is 9.21 Å².